The van der Waals surface area contributed by atoms with Crippen molar-refractivity contribution in [1.29, 1.82) is 0 Å². The number of carboxylic acids is 1. The molecule has 1 saturated heterocycles. The molecule has 0 radical (unpaired) electrons. The average Bonchev–Trinajstić information content (AvgIpc) is 3.16. The molecule has 2 heterocycles. The van der Waals surface area contributed by atoms with Crippen LogP contribution in [-0.4, -0.2) is 47.1 Å². The van der Waals surface area contributed by atoms with Crippen LogP contribution in [-0.2, 0) is 9.59 Å². The van der Waals surface area contributed by atoms with Crippen molar-refractivity contribution < 1.29 is 19.4 Å². The van der Waals surface area contributed by atoms with Gasteiger partial charge in [-0.05, 0) is 31.9 Å². The summed E-state index contributed by atoms with van der Waals surface area (Å²) in [5, 5.41) is 12.1. The summed E-state index contributed by atoms with van der Waals surface area (Å²) in [5.74, 6) is -1.26. The molecular formula is C19H22N2O4S. The maximum atomic E-state index is 12.2. The van der Waals surface area contributed by atoms with Gasteiger partial charge in [0.25, 0.3) is 0 Å². The number of carbonyl (C=O) groups excluding carboxylic acids is 1. The van der Waals surface area contributed by atoms with E-state index in [0.717, 1.165) is 34.9 Å². The second-order valence-corrected chi connectivity index (χ2v) is 7.32. The average molecular weight is 374 g/mol. The fourth-order valence-corrected chi connectivity index (χ4v) is 4.17. The van der Waals surface area contributed by atoms with Gasteiger partial charge < -0.3 is 14.7 Å². The van der Waals surface area contributed by atoms with Crippen LogP contribution in [0.1, 0.15) is 30.7 Å². The van der Waals surface area contributed by atoms with Crippen molar-refractivity contribution in [2.24, 2.45) is 5.92 Å². The van der Waals surface area contributed by atoms with Crippen molar-refractivity contribution in [3.05, 3.63) is 34.7 Å². The van der Waals surface area contributed by atoms with Crippen LogP contribution in [0, 0.1) is 5.92 Å². The Balaban J connectivity index is 1.67. The Bertz CT molecular complexity index is 796. The van der Waals surface area contributed by atoms with Gasteiger partial charge in [0, 0.05) is 30.0 Å². The first-order valence-electron chi connectivity index (χ1n) is 8.61. The molecule has 2 aromatic rings. The number of benzene rings is 1. The molecule has 1 fully saturated rings. The van der Waals surface area contributed by atoms with Crippen molar-refractivity contribution in [3.8, 4) is 17.0 Å². The fraction of sp³-hybridized carbons (Fsp3) is 0.421. The van der Waals surface area contributed by atoms with E-state index in [2.05, 4.69) is 0 Å². The van der Waals surface area contributed by atoms with Crippen molar-refractivity contribution >= 4 is 23.2 Å². The number of nitrogens with zero attached hydrogens (tertiary/aromatic N) is 2. The van der Waals surface area contributed by atoms with Gasteiger partial charge in [0.15, 0.2) is 0 Å². The molecule has 1 aliphatic heterocycles. The molecule has 1 amide bonds. The lowest BCUT2D eigenvalue weighted by Gasteiger charge is -2.32. The summed E-state index contributed by atoms with van der Waals surface area (Å²) in [6, 6.07) is 7.80. The second-order valence-electron chi connectivity index (χ2n) is 6.43. The third-order valence-corrected chi connectivity index (χ3v) is 5.81. The number of methoxy groups -OCH3 is 1. The molecule has 26 heavy (non-hydrogen) atoms. The molecule has 0 aliphatic carbocycles. The number of carbonyl (C=O) groups is 2. The summed E-state index contributed by atoms with van der Waals surface area (Å²) in [7, 11) is 1.65. The highest BCUT2D eigenvalue weighted by Crippen LogP contribution is 2.35. The van der Waals surface area contributed by atoms with E-state index in [1.807, 2.05) is 29.6 Å². The highest BCUT2D eigenvalue weighted by atomic mass is 32.1. The van der Waals surface area contributed by atoms with E-state index in [1.165, 1.54) is 6.92 Å². The van der Waals surface area contributed by atoms with Crippen LogP contribution in [0.4, 0.5) is 0 Å². The lowest BCUT2D eigenvalue weighted by molar-refractivity contribution is -0.150. The normalized spacial score (nSPS) is 16.3. The van der Waals surface area contributed by atoms with E-state index in [0.29, 0.717) is 19.0 Å². The summed E-state index contributed by atoms with van der Waals surface area (Å²) in [6.45, 7) is 2.59. The van der Waals surface area contributed by atoms with Gasteiger partial charge >= 0.3 is 5.97 Å². The molecule has 1 aromatic carbocycles. The van der Waals surface area contributed by atoms with E-state index in [-0.39, 0.29) is 5.91 Å². The van der Waals surface area contributed by atoms with Gasteiger partial charge in [-0.25, -0.2) is 4.98 Å². The van der Waals surface area contributed by atoms with E-state index in [9.17, 15) is 9.59 Å². The van der Waals surface area contributed by atoms with Crippen LogP contribution >= 0.6 is 11.3 Å². The third-order valence-electron chi connectivity index (χ3n) is 4.80. The van der Waals surface area contributed by atoms with Crippen molar-refractivity contribution in [2.45, 2.75) is 25.7 Å². The first kappa shape index (κ1) is 18.4. The highest BCUT2D eigenvalue weighted by Gasteiger charge is 2.30. The molecule has 6 nitrogen and oxygen atoms in total. The largest absolute Gasteiger partial charge is 0.496 e. The minimum atomic E-state index is -1.07. The monoisotopic (exact) mass is 374 g/mol. The summed E-state index contributed by atoms with van der Waals surface area (Å²) >= 11 is 1.63. The number of hydrogen-bond donors (Lipinski definition) is 1. The number of carboxylic acid groups (broad SMARTS) is 1. The standard InChI is InChI=1S/C19H22N2O4S/c1-12(19(23)24)18(22)21-9-7-13(8-10-21)17-20-15(11-26-17)14-5-3-4-6-16(14)25-2/h3-6,11-13H,7-10H2,1-2H3,(H,23,24). The van der Waals surface area contributed by atoms with E-state index < -0.39 is 11.9 Å². The van der Waals surface area contributed by atoms with Crippen molar-refractivity contribution in [3.63, 3.8) is 0 Å². The second kappa shape index (κ2) is 7.86. The molecular weight excluding hydrogens is 352 g/mol. The molecule has 0 spiro atoms. The molecule has 0 saturated carbocycles. The predicted molar refractivity (Wildman–Crippen MR) is 99.5 cm³/mol. The van der Waals surface area contributed by atoms with E-state index >= 15 is 0 Å². The van der Waals surface area contributed by atoms with Crippen molar-refractivity contribution in [2.75, 3.05) is 20.2 Å². The van der Waals surface area contributed by atoms with Crippen LogP contribution in [0.2, 0.25) is 0 Å². The maximum absolute atomic E-state index is 12.2. The lowest BCUT2D eigenvalue weighted by Crippen LogP contribution is -2.42. The summed E-state index contributed by atoms with van der Waals surface area (Å²) in [4.78, 5) is 29.6. The number of hydrogen-bond acceptors (Lipinski definition) is 5. The zero-order valence-electron chi connectivity index (χ0n) is 14.8. The van der Waals surface area contributed by atoms with Gasteiger partial charge in [-0.15, -0.1) is 11.3 Å². The van der Waals surface area contributed by atoms with Gasteiger partial charge in [0.05, 0.1) is 17.8 Å². The van der Waals surface area contributed by atoms with Gasteiger partial charge in [-0.1, -0.05) is 12.1 Å². The molecule has 1 aromatic heterocycles. The van der Waals surface area contributed by atoms with Crippen LogP contribution in [0.15, 0.2) is 29.6 Å². The Morgan fingerprint density at radius 1 is 1.31 bits per heavy atom. The Morgan fingerprint density at radius 3 is 2.65 bits per heavy atom. The fourth-order valence-electron chi connectivity index (χ4n) is 3.18. The number of likely N-dealkylation sites (tertiary alicyclic amines) is 1. The number of aliphatic carboxylic acids is 1. The number of para-hydroxylation sites is 1. The van der Waals surface area contributed by atoms with Gasteiger partial charge in [-0.3, -0.25) is 9.59 Å². The van der Waals surface area contributed by atoms with Gasteiger partial charge in [0.1, 0.15) is 11.7 Å². The minimum absolute atomic E-state index is 0.299. The van der Waals surface area contributed by atoms with Crippen LogP contribution in [0.5, 0.6) is 5.75 Å². The summed E-state index contributed by atoms with van der Waals surface area (Å²) in [6.07, 6.45) is 1.61. The first-order valence-corrected chi connectivity index (χ1v) is 9.49. The van der Waals surface area contributed by atoms with Gasteiger partial charge in [0.2, 0.25) is 5.91 Å². The zero-order valence-corrected chi connectivity index (χ0v) is 15.7. The Morgan fingerprint density at radius 2 is 2.00 bits per heavy atom. The molecule has 1 aliphatic rings. The molecule has 1 unspecified atom stereocenters. The van der Waals surface area contributed by atoms with Crippen LogP contribution in [0.3, 0.4) is 0 Å². The van der Waals surface area contributed by atoms with Gasteiger partial charge in [-0.2, -0.15) is 0 Å². The number of piperidine rings is 1. The Kier molecular flexibility index (Phi) is 5.56. The minimum Gasteiger partial charge on any atom is -0.496 e. The zero-order chi connectivity index (χ0) is 18.7. The Hall–Kier alpha value is -2.41. The van der Waals surface area contributed by atoms with Crippen molar-refractivity contribution in [1.82, 2.24) is 9.88 Å². The smallest absolute Gasteiger partial charge is 0.315 e. The summed E-state index contributed by atoms with van der Waals surface area (Å²) < 4.78 is 5.41. The number of ether oxygens (including phenoxy) is 1. The molecule has 0 bridgehead atoms. The van der Waals surface area contributed by atoms with Crippen LogP contribution < -0.4 is 4.74 Å². The molecule has 3 rings (SSSR count). The maximum Gasteiger partial charge on any atom is 0.315 e. The molecule has 1 N–H and O–H groups in total. The summed E-state index contributed by atoms with van der Waals surface area (Å²) in [5.41, 5.74) is 1.88. The molecule has 138 valence electrons. The van der Waals surface area contributed by atoms with E-state index in [4.69, 9.17) is 14.8 Å². The molecule has 7 heteroatoms. The first-order chi connectivity index (χ1) is 12.5. The number of aromatic nitrogens is 1. The molecule has 1 atom stereocenters. The number of amides is 1. The third kappa shape index (κ3) is 3.72. The lowest BCUT2D eigenvalue weighted by atomic mass is 9.96. The van der Waals surface area contributed by atoms with Crippen LogP contribution in [0.25, 0.3) is 11.3 Å². The van der Waals surface area contributed by atoms with E-state index in [1.54, 1.807) is 23.3 Å². The predicted octanol–water partition coefficient (Wildman–Crippen LogP) is 3.25. The highest BCUT2D eigenvalue weighted by molar-refractivity contribution is 7.10. The quantitative estimate of drug-likeness (QED) is 0.813. The topological polar surface area (TPSA) is 79.7 Å². The Labute approximate surface area is 156 Å². The number of rotatable bonds is 5. The SMILES string of the molecule is COc1ccccc1-c1csc(C2CCN(C(=O)C(C)C(=O)O)CC2)n1. The number of thiazole rings is 1.